The van der Waals surface area contributed by atoms with Crippen molar-refractivity contribution in [3.63, 3.8) is 0 Å². The predicted molar refractivity (Wildman–Crippen MR) is 95.1 cm³/mol. The van der Waals surface area contributed by atoms with Crippen LogP contribution in [0, 0.1) is 5.82 Å². The monoisotopic (exact) mass is 353 g/mol. The Morgan fingerprint density at radius 1 is 1.48 bits per heavy atom. The molecule has 6 nitrogen and oxygen atoms in total. The van der Waals surface area contributed by atoms with E-state index in [4.69, 9.17) is 9.47 Å². The molecule has 1 aromatic carbocycles. The summed E-state index contributed by atoms with van der Waals surface area (Å²) >= 11 is 0. The Morgan fingerprint density at radius 2 is 2.28 bits per heavy atom. The van der Waals surface area contributed by atoms with Crippen LogP contribution in [0.4, 0.5) is 4.39 Å². The fraction of sp³-hybridized carbons (Fsp3) is 0.611. The number of guanidine groups is 1. The molecule has 0 radical (unpaired) electrons. The first kappa shape index (κ1) is 19.6. The van der Waals surface area contributed by atoms with Crippen LogP contribution in [-0.2, 0) is 9.47 Å². The van der Waals surface area contributed by atoms with Crippen molar-refractivity contribution in [2.24, 2.45) is 4.99 Å². The van der Waals surface area contributed by atoms with E-state index in [1.165, 1.54) is 6.07 Å². The van der Waals surface area contributed by atoms with Crippen molar-refractivity contribution in [2.75, 3.05) is 32.9 Å². The molecule has 0 spiro atoms. The number of aliphatic hydroxyl groups excluding tert-OH is 1. The number of rotatable bonds is 8. The minimum absolute atomic E-state index is 0.0454. The van der Waals surface area contributed by atoms with E-state index >= 15 is 0 Å². The Hall–Kier alpha value is -1.70. The summed E-state index contributed by atoms with van der Waals surface area (Å²) in [4.78, 5) is 4.35. The average molecular weight is 353 g/mol. The van der Waals surface area contributed by atoms with Gasteiger partial charge in [-0.3, -0.25) is 4.99 Å². The molecule has 25 heavy (non-hydrogen) atoms. The Labute approximate surface area is 148 Å². The summed E-state index contributed by atoms with van der Waals surface area (Å²) in [7, 11) is 0. The third-order valence-electron chi connectivity index (χ3n) is 3.88. The number of nitrogens with zero attached hydrogens (tertiary/aromatic N) is 1. The lowest BCUT2D eigenvalue weighted by atomic mass is 10.1. The molecule has 1 fully saturated rings. The first-order valence-electron chi connectivity index (χ1n) is 8.76. The van der Waals surface area contributed by atoms with E-state index in [1.54, 1.807) is 18.2 Å². The summed E-state index contributed by atoms with van der Waals surface area (Å²) in [5, 5.41) is 16.5. The molecule has 140 valence electrons. The van der Waals surface area contributed by atoms with Gasteiger partial charge in [0, 0.05) is 24.8 Å². The zero-order chi connectivity index (χ0) is 18.1. The summed E-state index contributed by atoms with van der Waals surface area (Å²) in [5.41, 5.74) is 0.250. The summed E-state index contributed by atoms with van der Waals surface area (Å²) in [5.74, 6) is 0.139. The molecule has 3 N–H and O–H groups in total. The summed E-state index contributed by atoms with van der Waals surface area (Å²) in [6.07, 6.45) is 0.0981. The number of halogens is 1. The highest BCUT2D eigenvalue weighted by molar-refractivity contribution is 5.80. The molecule has 0 amide bonds. The van der Waals surface area contributed by atoms with Gasteiger partial charge in [0.15, 0.2) is 5.96 Å². The number of aliphatic imine (C=N–C) groups is 1. The number of benzene rings is 1. The van der Waals surface area contributed by atoms with Crippen molar-refractivity contribution in [3.8, 4) is 0 Å². The highest BCUT2D eigenvalue weighted by Crippen LogP contribution is 2.16. The topological polar surface area (TPSA) is 75.1 Å². The molecule has 2 rings (SSSR count). The van der Waals surface area contributed by atoms with Crippen LogP contribution in [0.2, 0.25) is 0 Å². The lowest BCUT2D eigenvalue weighted by molar-refractivity contribution is 0.0347. The van der Waals surface area contributed by atoms with E-state index in [9.17, 15) is 9.50 Å². The van der Waals surface area contributed by atoms with Gasteiger partial charge in [-0.1, -0.05) is 18.2 Å². The van der Waals surface area contributed by atoms with Crippen LogP contribution in [0.3, 0.4) is 0 Å². The molecule has 1 heterocycles. The maximum atomic E-state index is 13.7. The fourth-order valence-corrected chi connectivity index (χ4v) is 2.54. The third kappa shape index (κ3) is 6.61. The van der Waals surface area contributed by atoms with Crippen LogP contribution in [0.25, 0.3) is 0 Å². The Balaban J connectivity index is 1.85. The van der Waals surface area contributed by atoms with Gasteiger partial charge in [-0.15, -0.1) is 0 Å². The first-order chi connectivity index (χ1) is 12.1. The van der Waals surface area contributed by atoms with Crippen LogP contribution < -0.4 is 10.6 Å². The van der Waals surface area contributed by atoms with Gasteiger partial charge in [-0.05, 0) is 26.3 Å². The van der Waals surface area contributed by atoms with Gasteiger partial charge in [-0.25, -0.2) is 4.39 Å². The van der Waals surface area contributed by atoms with Gasteiger partial charge >= 0.3 is 0 Å². The first-order valence-corrected chi connectivity index (χ1v) is 8.76. The summed E-state index contributed by atoms with van der Waals surface area (Å²) in [6, 6.07) is 6.23. The van der Waals surface area contributed by atoms with Gasteiger partial charge in [0.1, 0.15) is 11.9 Å². The average Bonchev–Trinajstić information content (AvgIpc) is 3.12. The molecule has 1 aliphatic rings. The third-order valence-corrected chi connectivity index (χ3v) is 3.88. The second-order valence-electron chi connectivity index (χ2n) is 6.12. The molecule has 1 aromatic rings. The van der Waals surface area contributed by atoms with Crippen molar-refractivity contribution < 1.29 is 19.0 Å². The molecule has 1 saturated heterocycles. The molecule has 3 unspecified atom stereocenters. The van der Waals surface area contributed by atoms with Crippen molar-refractivity contribution >= 4 is 5.96 Å². The maximum Gasteiger partial charge on any atom is 0.191 e. The number of hydrogen-bond acceptors (Lipinski definition) is 4. The molecule has 0 aliphatic carbocycles. The van der Waals surface area contributed by atoms with Gasteiger partial charge in [0.25, 0.3) is 0 Å². The molecule has 1 aliphatic heterocycles. The fourth-order valence-electron chi connectivity index (χ4n) is 2.54. The van der Waals surface area contributed by atoms with Crippen molar-refractivity contribution in [3.05, 3.63) is 35.6 Å². The van der Waals surface area contributed by atoms with Gasteiger partial charge < -0.3 is 25.2 Å². The highest BCUT2D eigenvalue weighted by atomic mass is 19.1. The van der Waals surface area contributed by atoms with Gasteiger partial charge in [-0.2, -0.15) is 0 Å². The van der Waals surface area contributed by atoms with E-state index in [-0.39, 0.29) is 24.3 Å². The standard InChI is InChI=1S/C18H28FN3O3/c1-3-20-18(22-13(2)11-25-14-8-9-24-12-14)21-10-17(23)15-6-4-5-7-16(15)19/h4-7,13-14,17,23H,3,8-12H2,1-2H3,(H2,20,21,22). The van der Waals surface area contributed by atoms with Crippen LogP contribution >= 0.6 is 0 Å². The SMILES string of the molecule is CCNC(=NCC(O)c1ccccc1F)NC(C)COC1CCOC1. The van der Waals surface area contributed by atoms with Crippen LogP contribution in [0.15, 0.2) is 29.3 Å². The minimum Gasteiger partial charge on any atom is -0.386 e. The lowest BCUT2D eigenvalue weighted by Gasteiger charge is -2.20. The maximum absolute atomic E-state index is 13.7. The van der Waals surface area contributed by atoms with Crippen LogP contribution in [0.5, 0.6) is 0 Å². The van der Waals surface area contributed by atoms with Gasteiger partial charge in [0.05, 0.1) is 25.9 Å². The lowest BCUT2D eigenvalue weighted by Crippen LogP contribution is -2.44. The van der Waals surface area contributed by atoms with Gasteiger partial charge in [0.2, 0.25) is 0 Å². The largest absolute Gasteiger partial charge is 0.386 e. The molecular weight excluding hydrogens is 325 g/mol. The second kappa shape index (κ2) is 10.3. The molecule has 3 atom stereocenters. The second-order valence-corrected chi connectivity index (χ2v) is 6.12. The predicted octanol–water partition coefficient (Wildman–Crippen LogP) is 1.61. The van der Waals surface area contributed by atoms with E-state index in [0.717, 1.165) is 13.0 Å². The van der Waals surface area contributed by atoms with E-state index in [2.05, 4.69) is 15.6 Å². The zero-order valence-electron chi connectivity index (χ0n) is 14.9. The van der Waals surface area contributed by atoms with E-state index < -0.39 is 11.9 Å². The number of nitrogens with one attached hydrogen (secondary N) is 2. The quantitative estimate of drug-likeness (QED) is 0.489. The van der Waals surface area contributed by atoms with E-state index in [0.29, 0.717) is 25.7 Å². The molecular formula is C18H28FN3O3. The van der Waals surface area contributed by atoms with Crippen molar-refractivity contribution in [2.45, 2.75) is 38.5 Å². The number of aliphatic hydroxyl groups is 1. The molecule has 7 heteroatoms. The number of hydrogen-bond donors (Lipinski definition) is 3. The van der Waals surface area contributed by atoms with Crippen LogP contribution in [0.1, 0.15) is 31.9 Å². The normalized spacial score (nSPS) is 20.3. The molecule has 0 bridgehead atoms. The Morgan fingerprint density at radius 3 is 2.96 bits per heavy atom. The Kier molecular flexibility index (Phi) is 8.11. The van der Waals surface area contributed by atoms with Crippen molar-refractivity contribution in [1.29, 1.82) is 0 Å². The van der Waals surface area contributed by atoms with Crippen LogP contribution in [-0.4, -0.2) is 56.1 Å². The summed E-state index contributed by atoms with van der Waals surface area (Å²) in [6.45, 7) is 6.65. The van der Waals surface area contributed by atoms with E-state index in [1.807, 2.05) is 13.8 Å². The van der Waals surface area contributed by atoms with Crippen molar-refractivity contribution in [1.82, 2.24) is 10.6 Å². The minimum atomic E-state index is -0.987. The highest BCUT2D eigenvalue weighted by Gasteiger charge is 2.17. The zero-order valence-corrected chi connectivity index (χ0v) is 14.9. The summed E-state index contributed by atoms with van der Waals surface area (Å²) < 4.78 is 24.8. The molecule has 0 aromatic heterocycles. The molecule has 0 saturated carbocycles. The number of ether oxygens (including phenoxy) is 2. The smallest absolute Gasteiger partial charge is 0.191 e. The Bertz CT molecular complexity index is 550.